The van der Waals surface area contributed by atoms with Crippen molar-refractivity contribution >= 4 is 60.1 Å². The van der Waals surface area contributed by atoms with Crippen LogP contribution < -0.4 is 22.1 Å². The molecule has 186 valence electrons. The molecular weight excluding hydrogens is 646 g/mol. The van der Waals surface area contributed by atoms with Crippen LogP contribution in [0.15, 0.2) is 60.9 Å². The van der Waals surface area contributed by atoms with E-state index in [-0.39, 0.29) is 48.0 Å². The maximum Gasteiger partial charge on any atom is 0.112 e. The Hall–Kier alpha value is -1.10. The van der Waals surface area contributed by atoms with Gasteiger partial charge >= 0.3 is 0 Å². The minimum atomic E-state index is -0.426. The number of nitrogens with one attached hydrogen (secondary N) is 2. The van der Waals surface area contributed by atoms with Gasteiger partial charge in [0.1, 0.15) is 11.3 Å². The Morgan fingerprint density at radius 1 is 0.529 bits per heavy atom. The topological polar surface area (TPSA) is 76.1 Å². The molecule has 4 nitrogen and oxygen atoms in total. The van der Waals surface area contributed by atoms with E-state index in [4.69, 9.17) is 11.5 Å². The van der Waals surface area contributed by atoms with E-state index in [0.717, 1.165) is 25.7 Å². The third-order valence-corrected chi connectivity index (χ3v) is 6.98. The molecule has 2 aliphatic rings. The van der Waals surface area contributed by atoms with Gasteiger partial charge in [-0.1, -0.05) is 87.1 Å². The summed E-state index contributed by atoms with van der Waals surface area (Å²) in [6.45, 7) is 0. The van der Waals surface area contributed by atoms with Gasteiger partial charge in [-0.3, -0.25) is 0 Å². The first-order valence-electron chi connectivity index (χ1n) is 12.3. The van der Waals surface area contributed by atoms with Crippen LogP contribution in [0.2, 0.25) is 0 Å². The van der Waals surface area contributed by atoms with Gasteiger partial charge in [-0.05, 0) is 72.5 Å². The summed E-state index contributed by atoms with van der Waals surface area (Å²) in [4.78, 5) is 0. The van der Waals surface area contributed by atoms with E-state index in [9.17, 15) is 0 Å². The summed E-state index contributed by atoms with van der Waals surface area (Å²) in [6, 6.07) is 16.9. The van der Waals surface area contributed by atoms with E-state index < -0.39 is 11.3 Å². The van der Waals surface area contributed by atoms with Crippen molar-refractivity contribution in [1.82, 2.24) is 10.6 Å². The van der Waals surface area contributed by atoms with Crippen LogP contribution in [0.25, 0.3) is 12.2 Å². The highest BCUT2D eigenvalue weighted by Crippen LogP contribution is 2.30. The zero-order valence-corrected chi connectivity index (χ0v) is 24.6. The molecule has 2 aliphatic heterocycles. The number of nitrogens with two attached hydrogens (primary N) is 2. The fourth-order valence-electron chi connectivity index (χ4n) is 5.10. The highest BCUT2D eigenvalue weighted by atomic mass is 127. The average Bonchev–Trinajstić information content (AvgIpc) is 2.81. The van der Waals surface area contributed by atoms with Crippen LogP contribution in [-0.4, -0.2) is 0 Å². The fourth-order valence-corrected chi connectivity index (χ4v) is 5.10. The standard InChI is InChI=1S/C28H38N4.2HI/c29-27(25-15-9-7-13-23(25)17-21-31-27)19-11-5-3-1-2-4-6-12-20-28(30)26-16-10-8-14-24(26)18-22-32-28;;/h7-10,13-18,21-22,31-32H,1-6,11-12,19-20,29-30H2;2*1H. The van der Waals surface area contributed by atoms with Crippen LogP contribution in [0, 0.1) is 0 Å². The van der Waals surface area contributed by atoms with Gasteiger partial charge in [-0.25, -0.2) is 0 Å². The predicted octanol–water partition coefficient (Wildman–Crippen LogP) is 6.89. The average molecular weight is 686 g/mol. The van der Waals surface area contributed by atoms with Gasteiger partial charge in [-0.15, -0.1) is 48.0 Å². The molecular formula is C28H40I2N4. The van der Waals surface area contributed by atoms with Gasteiger partial charge in [0.15, 0.2) is 0 Å². The van der Waals surface area contributed by atoms with Crippen LogP contribution in [0.5, 0.6) is 0 Å². The molecule has 0 fully saturated rings. The monoisotopic (exact) mass is 686 g/mol. The molecule has 0 aromatic heterocycles. The first kappa shape index (κ1) is 29.1. The van der Waals surface area contributed by atoms with Crippen molar-refractivity contribution in [3.8, 4) is 0 Å². The highest BCUT2D eigenvalue weighted by molar-refractivity contribution is 14.0. The third kappa shape index (κ3) is 7.21. The molecule has 2 heterocycles. The minimum Gasteiger partial charge on any atom is -0.370 e. The smallest absolute Gasteiger partial charge is 0.112 e. The molecule has 0 saturated carbocycles. The summed E-state index contributed by atoms with van der Waals surface area (Å²) in [6.07, 6.45) is 20.1. The number of unbranched alkanes of at least 4 members (excludes halogenated alkanes) is 7. The van der Waals surface area contributed by atoms with E-state index >= 15 is 0 Å². The Balaban J connectivity index is 0.00000204. The molecule has 2 aromatic rings. The van der Waals surface area contributed by atoms with Gasteiger partial charge in [0.05, 0.1) is 0 Å². The van der Waals surface area contributed by atoms with Crippen LogP contribution in [0.3, 0.4) is 0 Å². The van der Waals surface area contributed by atoms with Crippen LogP contribution in [0.4, 0.5) is 0 Å². The summed E-state index contributed by atoms with van der Waals surface area (Å²) in [5.74, 6) is 0. The Morgan fingerprint density at radius 3 is 1.29 bits per heavy atom. The Morgan fingerprint density at radius 2 is 0.882 bits per heavy atom. The predicted molar refractivity (Wildman–Crippen MR) is 166 cm³/mol. The van der Waals surface area contributed by atoms with E-state index in [1.165, 1.54) is 60.8 Å². The molecule has 2 unspecified atom stereocenters. The maximum absolute atomic E-state index is 6.69. The highest BCUT2D eigenvalue weighted by Gasteiger charge is 2.30. The lowest BCUT2D eigenvalue weighted by Gasteiger charge is -2.34. The lowest BCUT2D eigenvalue weighted by atomic mass is 9.88. The molecule has 2 aromatic carbocycles. The van der Waals surface area contributed by atoms with Gasteiger partial charge in [0, 0.05) is 0 Å². The summed E-state index contributed by atoms with van der Waals surface area (Å²) >= 11 is 0. The van der Waals surface area contributed by atoms with Crippen molar-refractivity contribution in [3.63, 3.8) is 0 Å². The second kappa shape index (κ2) is 13.8. The number of benzene rings is 2. The van der Waals surface area contributed by atoms with Crippen molar-refractivity contribution in [2.75, 3.05) is 0 Å². The normalized spacial score (nSPS) is 21.8. The molecule has 4 rings (SSSR count). The molecule has 6 N–H and O–H groups in total. The minimum absolute atomic E-state index is 0. The first-order valence-corrected chi connectivity index (χ1v) is 12.3. The van der Waals surface area contributed by atoms with Gasteiger partial charge in [0.2, 0.25) is 0 Å². The SMILES string of the molecule is I.I.NC1(CCCCCCCCCCC2(N)NC=Cc3ccccc32)NC=Cc2ccccc21. The fraction of sp³-hybridized carbons (Fsp3) is 0.429. The second-order valence-electron chi connectivity index (χ2n) is 9.40. The number of rotatable bonds is 11. The zero-order chi connectivity index (χ0) is 22.3. The van der Waals surface area contributed by atoms with E-state index in [0.29, 0.717) is 0 Å². The van der Waals surface area contributed by atoms with Crippen molar-refractivity contribution < 1.29 is 0 Å². The molecule has 0 bridgehead atoms. The van der Waals surface area contributed by atoms with Gasteiger partial charge in [0.25, 0.3) is 0 Å². The van der Waals surface area contributed by atoms with Gasteiger partial charge in [-0.2, -0.15) is 0 Å². The lowest BCUT2D eigenvalue weighted by molar-refractivity contribution is 0.337. The lowest BCUT2D eigenvalue weighted by Crippen LogP contribution is -2.49. The molecule has 0 spiro atoms. The van der Waals surface area contributed by atoms with Crippen molar-refractivity contribution in [1.29, 1.82) is 0 Å². The zero-order valence-electron chi connectivity index (χ0n) is 20.0. The molecule has 0 amide bonds. The van der Waals surface area contributed by atoms with Crippen LogP contribution in [-0.2, 0) is 11.3 Å². The number of halogens is 2. The maximum atomic E-state index is 6.69. The van der Waals surface area contributed by atoms with Crippen LogP contribution in [0.1, 0.15) is 86.5 Å². The number of fused-ring (bicyclic) bond motifs is 2. The quantitative estimate of drug-likeness (QED) is 0.154. The summed E-state index contributed by atoms with van der Waals surface area (Å²) in [7, 11) is 0. The van der Waals surface area contributed by atoms with Crippen molar-refractivity contribution in [2.45, 2.75) is 75.5 Å². The number of hydrogen-bond donors (Lipinski definition) is 4. The first-order chi connectivity index (χ1) is 15.6. The van der Waals surface area contributed by atoms with Crippen molar-refractivity contribution in [3.05, 3.63) is 83.2 Å². The molecule has 34 heavy (non-hydrogen) atoms. The molecule has 6 heteroatoms. The summed E-state index contributed by atoms with van der Waals surface area (Å²) in [5, 5.41) is 6.78. The largest absolute Gasteiger partial charge is 0.370 e. The molecule has 0 radical (unpaired) electrons. The van der Waals surface area contributed by atoms with E-state index in [1.54, 1.807) is 0 Å². The Bertz CT molecular complexity index is 883. The van der Waals surface area contributed by atoms with Crippen LogP contribution >= 0.6 is 48.0 Å². The summed E-state index contributed by atoms with van der Waals surface area (Å²) < 4.78 is 0. The summed E-state index contributed by atoms with van der Waals surface area (Å²) in [5.41, 5.74) is 17.4. The van der Waals surface area contributed by atoms with E-state index in [2.05, 4.69) is 71.3 Å². The molecule has 0 saturated heterocycles. The third-order valence-electron chi connectivity index (χ3n) is 6.98. The Labute approximate surface area is 239 Å². The second-order valence-corrected chi connectivity index (χ2v) is 9.40. The Kier molecular flexibility index (Phi) is 11.9. The van der Waals surface area contributed by atoms with E-state index in [1.807, 2.05) is 12.4 Å². The number of hydrogen-bond acceptors (Lipinski definition) is 4. The van der Waals surface area contributed by atoms with Gasteiger partial charge < -0.3 is 22.1 Å². The molecule has 2 atom stereocenters. The van der Waals surface area contributed by atoms with Crippen molar-refractivity contribution in [2.24, 2.45) is 11.5 Å². The molecule has 0 aliphatic carbocycles.